The number of thiophene rings is 1. The van der Waals surface area contributed by atoms with Gasteiger partial charge in [0.05, 0.1) is 16.1 Å². The van der Waals surface area contributed by atoms with Crippen LogP contribution in [-0.4, -0.2) is 9.97 Å². The Labute approximate surface area is 126 Å². The normalized spacial score (nSPS) is 11.0. The third-order valence-corrected chi connectivity index (χ3v) is 4.38. The fourth-order valence-corrected chi connectivity index (χ4v) is 3.48. The van der Waals surface area contributed by atoms with Gasteiger partial charge in [-0.05, 0) is 44.0 Å². The van der Waals surface area contributed by atoms with Gasteiger partial charge < -0.3 is 5.32 Å². The molecule has 0 saturated carbocycles. The number of nitrogens with zero attached hydrogens (tertiary/aromatic N) is 2. The van der Waals surface area contributed by atoms with Crippen LogP contribution in [0.4, 0.5) is 11.5 Å². The number of nitrogens with one attached hydrogen (secondary N) is 1. The minimum Gasteiger partial charge on any atom is -0.338 e. The third kappa shape index (κ3) is 2.37. The largest absolute Gasteiger partial charge is 0.338 e. The molecule has 3 rings (SSSR count). The van der Waals surface area contributed by atoms with Gasteiger partial charge >= 0.3 is 0 Å². The van der Waals surface area contributed by atoms with Crippen molar-refractivity contribution in [2.24, 2.45) is 0 Å². The Morgan fingerprint density at radius 1 is 1.10 bits per heavy atom. The topological polar surface area (TPSA) is 37.8 Å². The number of aromatic nitrogens is 2. The molecule has 20 heavy (non-hydrogen) atoms. The minimum absolute atomic E-state index is 0.709. The van der Waals surface area contributed by atoms with Crippen LogP contribution in [0.2, 0.25) is 5.02 Å². The second-order valence-electron chi connectivity index (χ2n) is 4.86. The lowest BCUT2D eigenvalue weighted by Gasteiger charge is -2.12. The highest BCUT2D eigenvalue weighted by Gasteiger charge is 2.11. The maximum Gasteiger partial charge on any atom is 0.142 e. The van der Waals surface area contributed by atoms with E-state index in [0.29, 0.717) is 5.02 Å². The average Bonchev–Trinajstić information content (AvgIpc) is 2.74. The standard InChI is InChI=1S/C15H14ClN3S/c1-8-4-9(2)13(12(16)5-8)19-14-11-6-10(3)20-15(11)18-7-17-14/h4-7H,1-3H3,(H,17,18,19). The molecule has 0 spiro atoms. The zero-order chi connectivity index (χ0) is 14.3. The Morgan fingerprint density at radius 3 is 2.65 bits per heavy atom. The van der Waals surface area contributed by atoms with Crippen LogP contribution in [0.5, 0.6) is 0 Å². The minimum atomic E-state index is 0.709. The van der Waals surface area contributed by atoms with E-state index in [-0.39, 0.29) is 0 Å². The second-order valence-corrected chi connectivity index (χ2v) is 6.50. The van der Waals surface area contributed by atoms with Gasteiger partial charge in [0.1, 0.15) is 17.0 Å². The summed E-state index contributed by atoms with van der Waals surface area (Å²) in [6.45, 7) is 6.15. The van der Waals surface area contributed by atoms with Gasteiger partial charge in [-0.3, -0.25) is 0 Å². The smallest absolute Gasteiger partial charge is 0.142 e. The van der Waals surface area contributed by atoms with Crippen molar-refractivity contribution in [3.8, 4) is 0 Å². The van der Waals surface area contributed by atoms with E-state index in [2.05, 4.69) is 34.3 Å². The summed E-state index contributed by atoms with van der Waals surface area (Å²) >= 11 is 8.00. The third-order valence-electron chi connectivity index (χ3n) is 3.13. The lowest BCUT2D eigenvalue weighted by atomic mass is 10.1. The van der Waals surface area contributed by atoms with Crippen molar-refractivity contribution < 1.29 is 0 Å². The molecule has 0 saturated heterocycles. The number of anilines is 2. The lowest BCUT2D eigenvalue weighted by Crippen LogP contribution is -1.98. The Balaban J connectivity index is 2.10. The van der Waals surface area contributed by atoms with Gasteiger partial charge in [0.25, 0.3) is 0 Å². The Hall–Kier alpha value is -1.65. The van der Waals surface area contributed by atoms with Crippen LogP contribution >= 0.6 is 22.9 Å². The molecule has 3 aromatic rings. The van der Waals surface area contributed by atoms with E-state index < -0.39 is 0 Å². The van der Waals surface area contributed by atoms with Gasteiger partial charge in [-0.2, -0.15) is 0 Å². The van der Waals surface area contributed by atoms with Gasteiger partial charge in [0.2, 0.25) is 0 Å². The molecule has 0 unspecified atom stereocenters. The first-order chi connectivity index (χ1) is 9.54. The molecule has 1 N–H and O–H groups in total. The second kappa shape index (κ2) is 5.04. The molecule has 0 fully saturated rings. The van der Waals surface area contributed by atoms with Crippen LogP contribution in [-0.2, 0) is 0 Å². The summed E-state index contributed by atoms with van der Waals surface area (Å²) in [5.74, 6) is 0.799. The summed E-state index contributed by atoms with van der Waals surface area (Å²) in [4.78, 5) is 10.8. The summed E-state index contributed by atoms with van der Waals surface area (Å²) in [7, 11) is 0. The van der Waals surface area contributed by atoms with Crippen LogP contribution in [0.1, 0.15) is 16.0 Å². The number of benzene rings is 1. The number of hydrogen-bond acceptors (Lipinski definition) is 4. The van der Waals surface area contributed by atoms with Crippen molar-refractivity contribution in [3.05, 3.63) is 45.6 Å². The number of aryl methyl sites for hydroxylation is 3. The van der Waals surface area contributed by atoms with Gasteiger partial charge in [-0.15, -0.1) is 11.3 Å². The summed E-state index contributed by atoms with van der Waals surface area (Å²) in [5.41, 5.74) is 3.16. The Bertz CT molecular complexity index is 772. The highest BCUT2D eigenvalue weighted by molar-refractivity contribution is 7.18. The molecule has 3 nitrogen and oxygen atoms in total. The van der Waals surface area contributed by atoms with Crippen molar-refractivity contribution in [2.75, 3.05) is 5.32 Å². The first-order valence-corrected chi connectivity index (χ1v) is 7.49. The van der Waals surface area contributed by atoms with Crippen molar-refractivity contribution in [1.82, 2.24) is 9.97 Å². The molecular formula is C15H14ClN3S. The maximum atomic E-state index is 6.34. The number of fused-ring (bicyclic) bond motifs is 1. The first kappa shape index (κ1) is 13.3. The first-order valence-electron chi connectivity index (χ1n) is 6.29. The number of rotatable bonds is 2. The molecule has 0 bridgehead atoms. The summed E-state index contributed by atoms with van der Waals surface area (Å²) < 4.78 is 0. The molecule has 0 radical (unpaired) electrons. The van der Waals surface area contributed by atoms with Crippen LogP contribution in [0.15, 0.2) is 24.5 Å². The van der Waals surface area contributed by atoms with Crippen LogP contribution in [0.3, 0.4) is 0 Å². The van der Waals surface area contributed by atoms with Crippen LogP contribution in [0.25, 0.3) is 10.2 Å². The summed E-state index contributed by atoms with van der Waals surface area (Å²) in [5, 5.41) is 5.09. The molecular weight excluding hydrogens is 290 g/mol. The zero-order valence-corrected chi connectivity index (χ0v) is 13.1. The van der Waals surface area contributed by atoms with Crippen molar-refractivity contribution in [1.29, 1.82) is 0 Å². The van der Waals surface area contributed by atoms with Crippen LogP contribution < -0.4 is 5.32 Å². The summed E-state index contributed by atoms with van der Waals surface area (Å²) in [6, 6.07) is 6.15. The van der Waals surface area contributed by atoms with E-state index >= 15 is 0 Å². The molecule has 2 heterocycles. The molecule has 0 aliphatic heterocycles. The van der Waals surface area contributed by atoms with Gasteiger partial charge in [0, 0.05) is 4.88 Å². The van der Waals surface area contributed by atoms with E-state index in [1.807, 2.05) is 19.9 Å². The van der Waals surface area contributed by atoms with E-state index in [0.717, 1.165) is 32.8 Å². The SMILES string of the molecule is Cc1cc(C)c(Nc2ncnc3sc(C)cc23)c(Cl)c1. The maximum absolute atomic E-state index is 6.34. The van der Waals surface area contributed by atoms with Gasteiger partial charge in [-0.25, -0.2) is 9.97 Å². The predicted molar refractivity (Wildman–Crippen MR) is 86.4 cm³/mol. The van der Waals surface area contributed by atoms with E-state index in [1.165, 1.54) is 4.88 Å². The fourth-order valence-electron chi connectivity index (χ4n) is 2.27. The zero-order valence-electron chi connectivity index (χ0n) is 11.5. The highest BCUT2D eigenvalue weighted by atomic mass is 35.5. The Kier molecular flexibility index (Phi) is 3.36. The Morgan fingerprint density at radius 2 is 1.90 bits per heavy atom. The van der Waals surface area contributed by atoms with Crippen molar-refractivity contribution in [2.45, 2.75) is 20.8 Å². The molecule has 102 valence electrons. The highest BCUT2D eigenvalue weighted by Crippen LogP contribution is 2.33. The summed E-state index contributed by atoms with van der Waals surface area (Å²) in [6.07, 6.45) is 1.58. The van der Waals surface area contributed by atoms with Crippen LogP contribution in [0, 0.1) is 20.8 Å². The van der Waals surface area contributed by atoms with E-state index in [9.17, 15) is 0 Å². The molecule has 5 heteroatoms. The van der Waals surface area contributed by atoms with E-state index in [4.69, 9.17) is 11.6 Å². The monoisotopic (exact) mass is 303 g/mol. The fraction of sp³-hybridized carbons (Fsp3) is 0.200. The van der Waals surface area contributed by atoms with Gasteiger partial charge in [0.15, 0.2) is 0 Å². The molecule has 1 aromatic carbocycles. The lowest BCUT2D eigenvalue weighted by molar-refractivity contribution is 1.22. The molecule has 0 amide bonds. The number of hydrogen-bond donors (Lipinski definition) is 1. The molecule has 0 aliphatic carbocycles. The molecule has 2 aromatic heterocycles. The van der Waals surface area contributed by atoms with Crippen molar-refractivity contribution in [3.63, 3.8) is 0 Å². The predicted octanol–water partition coefficient (Wildman–Crippen LogP) is 5.01. The van der Waals surface area contributed by atoms with Crippen molar-refractivity contribution >= 4 is 44.7 Å². The van der Waals surface area contributed by atoms with E-state index in [1.54, 1.807) is 17.7 Å². The van der Waals surface area contributed by atoms with Gasteiger partial charge in [-0.1, -0.05) is 17.7 Å². The average molecular weight is 304 g/mol. The molecule has 0 atom stereocenters. The quantitative estimate of drug-likeness (QED) is 0.723. The number of halogens is 1. The molecule has 0 aliphatic rings.